The molecule has 35 heavy (non-hydrogen) atoms. The first-order chi connectivity index (χ1) is 16.9. The first-order valence-corrected chi connectivity index (χ1v) is 11.8. The van der Waals surface area contributed by atoms with E-state index in [1.807, 2.05) is 6.07 Å². The summed E-state index contributed by atoms with van der Waals surface area (Å²) in [7, 11) is 1.52. The number of carbonyl (C=O) groups is 4. The van der Waals surface area contributed by atoms with Gasteiger partial charge >= 0.3 is 0 Å². The summed E-state index contributed by atoms with van der Waals surface area (Å²) in [6.45, 7) is 0. The Kier molecular flexibility index (Phi) is 4.81. The average Bonchev–Trinajstić information content (AvgIpc) is 3.44. The fraction of sp³-hybridized carbons (Fsp3) is 0.185. The van der Waals surface area contributed by atoms with E-state index in [1.165, 1.54) is 7.11 Å². The van der Waals surface area contributed by atoms with Crippen molar-refractivity contribution in [2.45, 2.75) is 11.7 Å². The van der Waals surface area contributed by atoms with Crippen molar-refractivity contribution in [2.24, 2.45) is 11.8 Å². The van der Waals surface area contributed by atoms with Crippen LogP contribution in [0.2, 0.25) is 0 Å². The van der Waals surface area contributed by atoms with Gasteiger partial charge in [0.05, 0.1) is 30.7 Å². The van der Waals surface area contributed by atoms with Crippen LogP contribution in [0.4, 0.5) is 5.69 Å². The van der Waals surface area contributed by atoms with Crippen molar-refractivity contribution >= 4 is 45.0 Å². The molecular weight excluding hydrogens is 514 g/mol. The fourth-order valence-electron chi connectivity index (χ4n) is 5.49. The third-order valence-electron chi connectivity index (χ3n) is 7.06. The highest BCUT2D eigenvalue weighted by atomic mass is 79.9. The van der Waals surface area contributed by atoms with Crippen LogP contribution in [0.3, 0.4) is 0 Å². The number of Topliss-reactive ketones (excluding diaryl/α,β-unsaturated/α-hetero) is 2. The Morgan fingerprint density at radius 3 is 2.03 bits per heavy atom. The van der Waals surface area contributed by atoms with E-state index in [-0.39, 0.29) is 11.1 Å². The van der Waals surface area contributed by atoms with Crippen molar-refractivity contribution < 1.29 is 28.7 Å². The van der Waals surface area contributed by atoms with Gasteiger partial charge in [-0.05, 0) is 35.9 Å². The van der Waals surface area contributed by atoms with Crippen molar-refractivity contribution in [1.82, 2.24) is 0 Å². The SMILES string of the molecule is COc1ccc(N2C(=O)[C@@H]3[C@@H](c4ccccc4Br)OC4(C(=O)c5ccccc5C4=O)[C@@H]3C2=O)cc1. The summed E-state index contributed by atoms with van der Waals surface area (Å²) in [5.41, 5.74) is -0.762. The van der Waals surface area contributed by atoms with Crippen molar-refractivity contribution in [3.63, 3.8) is 0 Å². The maximum atomic E-state index is 13.9. The lowest BCUT2D eigenvalue weighted by molar-refractivity contribution is -0.127. The molecule has 3 aromatic carbocycles. The third-order valence-corrected chi connectivity index (χ3v) is 7.78. The van der Waals surface area contributed by atoms with Gasteiger partial charge in [0.1, 0.15) is 5.75 Å². The minimum atomic E-state index is -2.09. The number of carbonyl (C=O) groups excluding carboxylic acids is 4. The van der Waals surface area contributed by atoms with Crippen molar-refractivity contribution in [3.05, 3.63) is 94.0 Å². The second kappa shape index (κ2) is 7.69. The Morgan fingerprint density at radius 1 is 0.829 bits per heavy atom. The van der Waals surface area contributed by atoms with E-state index in [0.29, 0.717) is 21.5 Å². The first-order valence-electron chi connectivity index (χ1n) is 11.0. The molecule has 1 aliphatic carbocycles. The number of benzene rings is 3. The molecule has 0 N–H and O–H groups in total. The minimum absolute atomic E-state index is 0.201. The lowest BCUT2D eigenvalue weighted by Crippen LogP contribution is -2.51. The molecule has 3 aromatic rings. The predicted molar refractivity (Wildman–Crippen MR) is 128 cm³/mol. The largest absolute Gasteiger partial charge is 0.497 e. The number of nitrogens with zero attached hydrogens (tertiary/aromatic N) is 1. The highest BCUT2D eigenvalue weighted by molar-refractivity contribution is 9.10. The fourth-order valence-corrected chi connectivity index (χ4v) is 6.00. The van der Waals surface area contributed by atoms with E-state index in [9.17, 15) is 19.2 Å². The van der Waals surface area contributed by atoms with E-state index in [2.05, 4.69) is 15.9 Å². The van der Waals surface area contributed by atoms with E-state index in [1.54, 1.807) is 66.7 Å². The first kappa shape index (κ1) is 21.9. The lowest BCUT2D eigenvalue weighted by atomic mass is 9.77. The van der Waals surface area contributed by atoms with Crippen LogP contribution in [-0.4, -0.2) is 36.1 Å². The number of hydrogen-bond acceptors (Lipinski definition) is 6. The number of ketones is 2. The predicted octanol–water partition coefficient (Wildman–Crippen LogP) is 4.15. The van der Waals surface area contributed by atoms with E-state index < -0.39 is 46.9 Å². The zero-order valence-corrected chi connectivity index (χ0v) is 20.0. The van der Waals surface area contributed by atoms with Gasteiger partial charge in [-0.3, -0.25) is 19.2 Å². The van der Waals surface area contributed by atoms with E-state index in [4.69, 9.17) is 9.47 Å². The molecule has 6 rings (SSSR count). The Labute approximate surface area is 208 Å². The Hall–Kier alpha value is -3.62. The number of halogens is 1. The summed E-state index contributed by atoms with van der Waals surface area (Å²) in [5, 5.41) is 0. The molecule has 2 fully saturated rings. The summed E-state index contributed by atoms with van der Waals surface area (Å²) >= 11 is 3.50. The summed E-state index contributed by atoms with van der Waals surface area (Å²) < 4.78 is 12.1. The molecule has 0 aromatic heterocycles. The number of ether oxygens (including phenoxy) is 2. The van der Waals surface area contributed by atoms with Crippen LogP contribution < -0.4 is 9.64 Å². The Morgan fingerprint density at radius 2 is 1.43 bits per heavy atom. The lowest BCUT2D eigenvalue weighted by Gasteiger charge is -2.27. The van der Waals surface area contributed by atoms with E-state index >= 15 is 0 Å². The number of methoxy groups -OCH3 is 1. The Balaban J connectivity index is 1.54. The molecule has 0 bridgehead atoms. The molecule has 0 unspecified atom stereocenters. The van der Waals surface area contributed by atoms with Gasteiger partial charge in [0.25, 0.3) is 0 Å². The van der Waals surface area contributed by atoms with Crippen LogP contribution >= 0.6 is 15.9 Å². The van der Waals surface area contributed by atoms with Crippen molar-refractivity contribution in [1.29, 1.82) is 0 Å². The molecule has 2 aliphatic heterocycles. The molecule has 0 saturated carbocycles. The second-order valence-corrected chi connectivity index (χ2v) is 9.57. The Bertz CT molecular complexity index is 1400. The van der Waals surface area contributed by atoms with Gasteiger partial charge in [-0.25, -0.2) is 4.90 Å². The molecular formula is C27H18BrNO6. The third kappa shape index (κ3) is 2.81. The molecule has 7 nitrogen and oxygen atoms in total. The van der Waals surface area contributed by atoms with Gasteiger partial charge in [-0.1, -0.05) is 58.4 Å². The van der Waals surface area contributed by atoms with Crippen LogP contribution in [0.25, 0.3) is 0 Å². The molecule has 3 atom stereocenters. The maximum absolute atomic E-state index is 13.9. The molecule has 0 radical (unpaired) electrons. The topological polar surface area (TPSA) is 90.0 Å². The number of hydrogen-bond donors (Lipinski definition) is 0. The van der Waals surface area contributed by atoms with Crippen molar-refractivity contribution in [2.75, 3.05) is 12.0 Å². The summed E-state index contributed by atoms with van der Waals surface area (Å²) in [6.07, 6.45) is -0.975. The molecule has 3 aliphatic rings. The molecule has 174 valence electrons. The number of fused-ring (bicyclic) bond motifs is 3. The summed E-state index contributed by atoms with van der Waals surface area (Å²) in [5.74, 6) is -4.09. The molecule has 2 amide bonds. The minimum Gasteiger partial charge on any atom is -0.497 e. The van der Waals surface area contributed by atoms with Gasteiger partial charge in [0, 0.05) is 15.6 Å². The van der Waals surface area contributed by atoms with Crippen LogP contribution in [0, 0.1) is 11.8 Å². The van der Waals surface area contributed by atoms with Gasteiger partial charge in [-0.15, -0.1) is 0 Å². The number of anilines is 1. The number of imide groups is 1. The van der Waals surface area contributed by atoms with Crippen molar-refractivity contribution in [3.8, 4) is 5.75 Å². The second-order valence-electron chi connectivity index (χ2n) is 8.71. The molecule has 1 spiro atoms. The smallest absolute Gasteiger partial charge is 0.241 e. The van der Waals surface area contributed by atoms with Crippen LogP contribution in [-0.2, 0) is 14.3 Å². The summed E-state index contributed by atoms with van der Waals surface area (Å²) in [6, 6.07) is 20.0. The number of amides is 2. The zero-order valence-electron chi connectivity index (χ0n) is 18.4. The summed E-state index contributed by atoms with van der Waals surface area (Å²) in [4.78, 5) is 56.3. The zero-order chi connectivity index (χ0) is 24.5. The number of rotatable bonds is 3. The molecule has 2 saturated heterocycles. The quantitative estimate of drug-likeness (QED) is 0.372. The standard InChI is InChI=1S/C27H18BrNO6/c1-34-15-12-10-14(11-13-15)29-25(32)20-21(26(29)33)27(35-22(20)18-8-4-5-9-19(18)28)23(30)16-6-2-3-7-17(16)24(27)31/h2-13,20-22H,1H3/t20-,21-,22+/m0/s1. The monoisotopic (exact) mass is 531 g/mol. The van der Waals surface area contributed by atoms with Crippen LogP contribution in [0.5, 0.6) is 5.75 Å². The van der Waals surface area contributed by atoms with Gasteiger partial charge in [0.15, 0.2) is 0 Å². The average molecular weight is 532 g/mol. The van der Waals surface area contributed by atoms with Gasteiger partial charge in [0.2, 0.25) is 29.0 Å². The van der Waals surface area contributed by atoms with E-state index in [0.717, 1.165) is 4.90 Å². The van der Waals surface area contributed by atoms with Gasteiger partial charge < -0.3 is 9.47 Å². The van der Waals surface area contributed by atoms with Crippen LogP contribution in [0.15, 0.2) is 77.3 Å². The molecule has 2 heterocycles. The normalized spacial score (nSPS) is 24.3. The highest BCUT2D eigenvalue weighted by Crippen LogP contribution is 2.58. The molecule has 8 heteroatoms. The highest BCUT2D eigenvalue weighted by Gasteiger charge is 2.74. The van der Waals surface area contributed by atoms with Crippen LogP contribution in [0.1, 0.15) is 32.4 Å². The van der Waals surface area contributed by atoms with Gasteiger partial charge in [-0.2, -0.15) is 0 Å². The maximum Gasteiger partial charge on any atom is 0.241 e.